The van der Waals surface area contributed by atoms with E-state index in [1.54, 1.807) is 12.1 Å². The standard InChI is InChI=1S/C23H33FN6O.HI/c1-18-7-9-29(16-22(18)30-10-8-26-17-30)23(25-2)27-15-21(28-11-13-31-14-12-28)19-3-5-20(24)6-4-19;/h3-6,8,10,17-18,21-22H,7,9,11-16H2,1-2H3,(H,25,27);1H. The van der Waals surface area contributed by atoms with Crippen molar-refractivity contribution in [3.05, 3.63) is 54.4 Å². The van der Waals surface area contributed by atoms with Gasteiger partial charge in [0.05, 0.1) is 31.6 Å². The highest BCUT2D eigenvalue weighted by Gasteiger charge is 2.30. The molecule has 0 saturated carbocycles. The molecule has 3 heterocycles. The molecule has 176 valence electrons. The first-order valence-electron chi connectivity index (χ1n) is 11.2. The molecule has 32 heavy (non-hydrogen) atoms. The monoisotopic (exact) mass is 556 g/mol. The van der Waals surface area contributed by atoms with Crippen LogP contribution in [0.2, 0.25) is 0 Å². The Morgan fingerprint density at radius 2 is 2.00 bits per heavy atom. The molecule has 2 aliphatic heterocycles. The van der Waals surface area contributed by atoms with Gasteiger partial charge in [-0.1, -0.05) is 19.1 Å². The zero-order valence-electron chi connectivity index (χ0n) is 18.9. The van der Waals surface area contributed by atoms with Crippen molar-refractivity contribution in [3.8, 4) is 0 Å². The summed E-state index contributed by atoms with van der Waals surface area (Å²) >= 11 is 0. The van der Waals surface area contributed by atoms with Crippen LogP contribution in [-0.2, 0) is 4.74 Å². The van der Waals surface area contributed by atoms with Crippen LogP contribution in [0.15, 0.2) is 48.0 Å². The number of imidazole rings is 1. The van der Waals surface area contributed by atoms with Gasteiger partial charge in [-0.25, -0.2) is 9.37 Å². The molecule has 4 rings (SSSR count). The number of rotatable bonds is 5. The number of nitrogens with zero attached hydrogens (tertiary/aromatic N) is 5. The smallest absolute Gasteiger partial charge is 0.193 e. The molecule has 0 spiro atoms. The van der Waals surface area contributed by atoms with Gasteiger partial charge in [0.15, 0.2) is 5.96 Å². The molecule has 2 fully saturated rings. The maximum absolute atomic E-state index is 13.5. The average Bonchev–Trinajstić information content (AvgIpc) is 3.34. The molecule has 2 aromatic rings. The Kier molecular flexibility index (Phi) is 9.30. The molecule has 7 nitrogen and oxygen atoms in total. The Bertz CT molecular complexity index is 841. The van der Waals surface area contributed by atoms with Crippen LogP contribution in [0, 0.1) is 11.7 Å². The molecule has 1 N–H and O–H groups in total. The van der Waals surface area contributed by atoms with E-state index in [-0.39, 0.29) is 35.8 Å². The highest BCUT2D eigenvalue weighted by Crippen LogP contribution is 2.28. The molecule has 0 bridgehead atoms. The van der Waals surface area contributed by atoms with Crippen LogP contribution >= 0.6 is 24.0 Å². The number of guanidine groups is 1. The second kappa shape index (κ2) is 11.9. The first kappa shape index (κ1) is 24.9. The Hall–Kier alpha value is -1.72. The van der Waals surface area contributed by atoms with Gasteiger partial charge in [0.25, 0.3) is 0 Å². The van der Waals surface area contributed by atoms with Crippen molar-refractivity contribution in [2.24, 2.45) is 10.9 Å². The molecule has 2 aliphatic rings. The Labute approximate surface area is 207 Å². The third kappa shape index (κ3) is 5.99. The molecule has 9 heteroatoms. The number of morpholine rings is 1. The van der Waals surface area contributed by atoms with Gasteiger partial charge in [-0.15, -0.1) is 24.0 Å². The van der Waals surface area contributed by atoms with Crippen molar-refractivity contribution in [1.29, 1.82) is 0 Å². The molecule has 3 atom stereocenters. The first-order valence-corrected chi connectivity index (χ1v) is 11.2. The zero-order valence-corrected chi connectivity index (χ0v) is 21.2. The van der Waals surface area contributed by atoms with Gasteiger partial charge in [-0.3, -0.25) is 9.89 Å². The quantitative estimate of drug-likeness (QED) is 0.349. The number of likely N-dealkylation sites (tertiary alicyclic amines) is 1. The summed E-state index contributed by atoms with van der Waals surface area (Å²) in [7, 11) is 1.84. The van der Waals surface area contributed by atoms with Crippen molar-refractivity contribution >= 4 is 29.9 Å². The maximum Gasteiger partial charge on any atom is 0.193 e. The number of hydrogen-bond donors (Lipinski definition) is 1. The van der Waals surface area contributed by atoms with E-state index in [4.69, 9.17) is 4.74 Å². The fourth-order valence-electron chi connectivity index (χ4n) is 4.65. The topological polar surface area (TPSA) is 57.9 Å². The van der Waals surface area contributed by atoms with Crippen LogP contribution in [0.1, 0.15) is 31.0 Å². The summed E-state index contributed by atoms with van der Waals surface area (Å²) in [5.41, 5.74) is 1.11. The van der Waals surface area contributed by atoms with E-state index in [1.807, 2.05) is 37.9 Å². The molecule has 0 amide bonds. The number of hydrogen-bond acceptors (Lipinski definition) is 4. The number of aromatic nitrogens is 2. The lowest BCUT2D eigenvalue weighted by atomic mass is 9.93. The van der Waals surface area contributed by atoms with E-state index in [9.17, 15) is 4.39 Å². The minimum Gasteiger partial charge on any atom is -0.379 e. The summed E-state index contributed by atoms with van der Waals surface area (Å²) in [5.74, 6) is 1.29. The minimum atomic E-state index is -0.207. The minimum absolute atomic E-state index is 0. The Morgan fingerprint density at radius 1 is 1.25 bits per heavy atom. The summed E-state index contributed by atoms with van der Waals surface area (Å²) in [6.45, 7) is 8.08. The maximum atomic E-state index is 13.5. The fourth-order valence-corrected chi connectivity index (χ4v) is 4.65. The molecule has 3 unspecified atom stereocenters. The normalized spacial score (nSPS) is 23.5. The van der Waals surface area contributed by atoms with Gasteiger partial charge >= 0.3 is 0 Å². The van der Waals surface area contributed by atoms with Crippen molar-refractivity contribution in [1.82, 2.24) is 24.7 Å². The van der Waals surface area contributed by atoms with Crippen LogP contribution in [0.4, 0.5) is 4.39 Å². The predicted octanol–water partition coefficient (Wildman–Crippen LogP) is 3.17. The molecule has 1 aromatic carbocycles. The van der Waals surface area contributed by atoms with Crippen LogP contribution in [-0.4, -0.2) is 78.3 Å². The molecule has 0 aliphatic carbocycles. The number of aliphatic imine (C=N–C) groups is 1. The second-order valence-corrected chi connectivity index (χ2v) is 8.43. The van der Waals surface area contributed by atoms with E-state index in [2.05, 4.69) is 36.6 Å². The van der Waals surface area contributed by atoms with E-state index in [1.165, 1.54) is 0 Å². The fraction of sp³-hybridized carbons (Fsp3) is 0.565. The SMILES string of the molecule is CN=C(NCC(c1ccc(F)cc1)N1CCOCC1)N1CCC(C)C(n2ccnc2)C1.I. The second-order valence-electron chi connectivity index (χ2n) is 8.43. The Morgan fingerprint density at radius 3 is 2.66 bits per heavy atom. The van der Waals surface area contributed by atoms with Crippen molar-refractivity contribution in [2.75, 3.05) is 53.0 Å². The number of nitrogens with one attached hydrogen (secondary N) is 1. The van der Waals surface area contributed by atoms with Gasteiger partial charge in [0, 0.05) is 52.2 Å². The summed E-state index contributed by atoms with van der Waals surface area (Å²) in [4.78, 5) is 13.6. The van der Waals surface area contributed by atoms with Crippen LogP contribution in [0.5, 0.6) is 0 Å². The van der Waals surface area contributed by atoms with E-state index in [0.29, 0.717) is 18.5 Å². The highest BCUT2D eigenvalue weighted by molar-refractivity contribution is 14.0. The van der Waals surface area contributed by atoms with Gasteiger partial charge in [-0.05, 0) is 30.0 Å². The van der Waals surface area contributed by atoms with Gasteiger partial charge in [0.1, 0.15) is 5.82 Å². The summed E-state index contributed by atoms with van der Waals surface area (Å²) in [6.07, 6.45) is 6.90. The highest BCUT2D eigenvalue weighted by atomic mass is 127. The Balaban J connectivity index is 0.00000289. The first-order chi connectivity index (χ1) is 15.2. The lowest BCUT2D eigenvalue weighted by molar-refractivity contribution is 0.0168. The van der Waals surface area contributed by atoms with Crippen LogP contribution in [0.3, 0.4) is 0 Å². The molecule has 1 aromatic heterocycles. The predicted molar refractivity (Wildman–Crippen MR) is 135 cm³/mol. The van der Waals surface area contributed by atoms with Crippen molar-refractivity contribution in [2.45, 2.75) is 25.4 Å². The summed E-state index contributed by atoms with van der Waals surface area (Å²) < 4.78 is 21.3. The zero-order chi connectivity index (χ0) is 21.6. The van der Waals surface area contributed by atoms with Crippen LogP contribution < -0.4 is 5.32 Å². The number of halogens is 2. The molecular formula is C23H34FIN6O. The summed E-state index contributed by atoms with van der Waals surface area (Å²) in [5, 5.41) is 3.61. The van der Waals surface area contributed by atoms with Gasteiger partial charge in [-0.2, -0.15) is 0 Å². The molecular weight excluding hydrogens is 522 g/mol. The molecule has 2 saturated heterocycles. The van der Waals surface area contributed by atoms with E-state index >= 15 is 0 Å². The largest absolute Gasteiger partial charge is 0.379 e. The lowest BCUT2D eigenvalue weighted by Crippen LogP contribution is -2.51. The van der Waals surface area contributed by atoms with Crippen molar-refractivity contribution in [3.63, 3.8) is 0 Å². The lowest BCUT2D eigenvalue weighted by Gasteiger charge is -2.40. The van der Waals surface area contributed by atoms with Crippen LogP contribution in [0.25, 0.3) is 0 Å². The van der Waals surface area contributed by atoms with Crippen molar-refractivity contribution < 1.29 is 9.13 Å². The summed E-state index contributed by atoms with van der Waals surface area (Å²) in [6, 6.07) is 7.37. The third-order valence-electron chi connectivity index (χ3n) is 6.53. The van der Waals surface area contributed by atoms with E-state index < -0.39 is 0 Å². The van der Waals surface area contributed by atoms with E-state index in [0.717, 1.165) is 57.3 Å². The van der Waals surface area contributed by atoms with Gasteiger partial charge in [0.2, 0.25) is 0 Å². The third-order valence-corrected chi connectivity index (χ3v) is 6.53. The number of piperidine rings is 1. The number of ether oxygens (including phenoxy) is 1. The average molecular weight is 556 g/mol. The van der Waals surface area contributed by atoms with Gasteiger partial charge < -0.3 is 19.5 Å². The molecule has 0 radical (unpaired) electrons. The number of benzene rings is 1.